The number of nitrogens with zero attached hydrogens (tertiary/aromatic N) is 1. The van der Waals surface area contributed by atoms with Crippen LogP contribution in [0.15, 0.2) is 48.8 Å². The zero-order chi connectivity index (χ0) is 14.1. The Hall–Kier alpha value is -2.62. The molecule has 3 nitrogen and oxygen atoms in total. The van der Waals surface area contributed by atoms with Crippen molar-refractivity contribution in [2.24, 2.45) is 0 Å². The molecule has 0 radical (unpaired) electrons. The Kier molecular flexibility index (Phi) is 2.99. The molecule has 0 aliphatic heterocycles. The monoisotopic (exact) mass is 267 g/mol. The van der Waals surface area contributed by atoms with Gasteiger partial charge in [-0.25, -0.2) is 4.39 Å². The highest BCUT2D eigenvalue weighted by molar-refractivity contribution is 6.01. The van der Waals surface area contributed by atoms with Gasteiger partial charge in [-0.1, -0.05) is 12.1 Å². The number of nitrogen functional groups attached to an aromatic ring is 1. The van der Waals surface area contributed by atoms with Gasteiger partial charge in [-0.2, -0.15) is 0 Å². The third-order valence-electron chi connectivity index (χ3n) is 3.33. The molecule has 0 saturated carbocycles. The zero-order valence-corrected chi connectivity index (χ0v) is 11.0. The Morgan fingerprint density at radius 3 is 2.75 bits per heavy atom. The summed E-state index contributed by atoms with van der Waals surface area (Å²) in [7, 11) is 0. The van der Waals surface area contributed by atoms with Gasteiger partial charge in [-0.15, -0.1) is 0 Å². The SMILES string of the molecule is Cc1cccc(F)c1Nc1ccc(N)c2ccncc12. The van der Waals surface area contributed by atoms with Gasteiger partial charge in [0.05, 0.1) is 5.69 Å². The summed E-state index contributed by atoms with van der Waals surface area (Å²) in [5, 5.41) is 4.91. The van der Waals surface area contributed by atoms with Crippen LogP contribution in [0.1, 0.15) is 5.56 Å². The molecule has 0 atom stereocenters. The van der Waals surface area contributed by atoms with Crippen molar-refractivity contribution in [1.29, 1.82) is 0 Å². The average molecular weight is 267 g/mol. The number of fused-ring (bicyclic) bond motifs is 1. The second-order valence-electron chi connectivity index (χ2n) is 4.68. The van der Waals surface area contributed by atoms with Gasteiger partial charge in [0.15, 0.2) is 0 Å². The number of anilines is 3. The number of aromatic nitrogens is 1. The molecule has 0 bridgehead atoms. The van der Waals surface area contributed by atoms with E-state index in [9.17, 15) is 4.39 Å². The highest BCUT2D eigenvalue weighted by Gasteiger charge is 2.09. The van der Waals surface area contributed by atoms with Crippen LogP contribution in [0.5, 0.6) is 0 Å². The molecule has 3 rings (SSSR count). The number of aryl methyl sites for hydroxylation is 1. The van der Waals surface area contributed by atoms with Gasteiger partial charge >= 0.3 is 0 Å². The summed E-state index contributed by atoms with van der Waals surface area (Å²) in [5.41, 5.74) is 8.74. The normalized spacial score (nSPS) is 10.7. The van der Waals surface area contributed by atoms with Crippen molar-refractivity contribution < 1.29 is 4.39 Å². The third kappa shape index (κ3) is 2.05. The van der Waals surface area contributed by atoms with E-state index < -0.39 is 0 Å². The van der Waals surface area contributed by atoms with E-state index in [1.807, 2.05) is 25.1 Å². The summed E-state index contributed by atoms with van der Waals surface area (Å²) in [4.78, 5) is 4.11. The Balaban J connectivity index is 2.14. The number of nitrogens with one attached hydrogen (secondary N) is 1. The summed E-state index contributed by atoms with van der Waals surface area (Å²) in [6, 6.07) is 10.5. The molecule has 20 heavy (non-hydrogen) atoms. The fourth-order valence-electron chi connectivity index (χ4n) is 2.25. The number of pyridine rings is 1. The van der Waals surface area contributed by atoms with Crippen LogP contribution in [0.2, 0.25) is 0 Å². The van der Waals surface area contributed by atoms with Crippen molar-refractivity contribution in [1.82, 2.24) is 4.98 Å². The van der Waals surface area contributed by atoms with E-state index in [2.05, 4.69) is 10.3 Å². The minimum Gasteiger partial charge on any atom is -0.398 e. The molecule has 0 saturated heterocycles. The maximum absolute atomic E-state index is 13.9. The van der Waals surface area contributed by atoms with Gasteiger partial charge in [-0.3, -0.25) is 4.98 Å². The van der Waals surface area contributed by atoms with Crippen LogP contribution in [0.25, 0.3) is 10.8 Å². The maximum Gasteiger partial charge on any atom is 0.146 e. The van der Waals surface area contributed by atoms with Crippen molar-refractivity contribution in [2.45, 2.75) is 6.92 Å². The summed E-state index contributed by atoms with van der Waals surface area (Å²) >= 11 is 0. The van der Waals surface area contributed by atoms with Crippen LogP contribution in [0.3, 0.4) is 0 Å². The average Bonchev–Trinajstić information content (AvgIpc) is 2.46. The number of hydrogen-bond acceptors (Lipinski definition) is 3. The zero-order valence-electron chi connectivity index (χ0n) is 11.0. The largest absolute Gasteiger partial charge is 0.398 e. The summed E-state index contributed by atoms with van der Waals surface area (Å²) < 4.78 is 13.9. The third-order valence-corrected chi connectivity index (χ3v) is 3.33. The predicted octanol–water partition coefficient (Wildman–Crippen LogP) is 4.01. The Morgan fingerprint density at radius 1 is 1.10 bits per heavy atom. The van der Waals surface area contributed by atoms with Crippen LogP contribution < -0.4 is 11.1 Å². The van der Waals surface area contributed by atoms with Gasteiger partial charge in [0.1, 0.15) is 5.82 Å². The maximum atomic E-state index is 13.9. The number of nitrogens with two attached hydrogens (primary N) is 1. The predicted molar refractivity (Wildman–Crippen MR) is 80.6 cm³/mol. The molecule has 0 aliphatic rings. The lowest BCUT2D eigenvalue weighted by atomic mass is 10.1. The van der Waals surface area contributed by atoms with E-state index in [1.165, 1.54) is 6.07 Å². The first kappa shape index (κ1) is 12.4. The summed E-state index contributed by atoms with van der Waals surface area (Å²) in [5.74, 6) is -0.279. The van der Waals surface area contributed by atoms with Gasteiger partial charge in [0.2, 0.25) is 0 Å². The van der Waals surface area contributed by atoms with Crippen LogP contribution in [-0.2, 0) is 0 Å². The van der Waals surface area contributed by atoms with Gasteiger partial charge in [0, 0.05) is 34.5 Å². The quantitative estimate of drug-likeness (QED) is 0.690. The van der Waals surface area contributed by atoms with E-state index >= 15 is 0 Å². The topological polar surface area (TPSA) is 50.9 Å². The lowest BCUT2D eigenvalue weighted by Crippen LogP contribution is -1.98. The number of para-hydroxylation sites is 1. The van der Waals surface area contributed by atoms with E-state index in [-0.39, 0.29) is 5.82 Å². The second-order valence-corrected chi connectivity index (χ2v) is 4.68. The highest BCUT2D eigenvalue weighted by Crippen LogP contribution is 2.31. The van der Waals surface area contributed by atoms with Gasteiger partial charge < -0.3 is 11.1 Å². The first-order valence-corrected chi connectivity index (χ1v) is 6.31. The highest BCUT2D eigenvalue weighted by atomic mass is 19.1. The van der Waals surface area contributed by atoms with E-state index in [0.717, 1.165) is 22.0 Å². The molecule has 4 heteroatoms. The smallest absolute Gasteiger partial charge is 0.146 e. The molecule has 0 amide bonds. The van der Waals surface area contributed by atoms with Gasteiger partial charge in [-0.05, 0) is 36.8 Å². The Morgan fingerprint density at radius 2 is 1.95 bits per heavy atom. The number of benzene rings is 2. The van der Waals surface area contributed by atoms with Crippen LogP contribution in [-0.4, -0.2) is 4.98 Å². The minimum absolute atomic E-state index is 0.279. The van der Waals surface area contributed by atoms with Crippen molar-refractivity contribution >= 4 is 27.8 Å². The molecule has 1 heterocycles. The first-order valence-electron chi connectivity index (χ1n) is 6.31. The molecule has 3 N–H and O–H groups in total. The lowest BCUT2D eigenvalue weighted by molar-refractivity contribution is 0.631. The standard InChI is InChI=1S/C16H14FN3/c1-10-3-2-4-13(17)16(10)20-15-6-5-14(18)11-7-8-19-9-12(11)15/h2-9,20H,18H2,1H3. The minimum atomic E-state index is -0.279. The molecule has 100 valence electrons. The fourth-order valence-corrected chi connectivity index (χ4v) is 2.25. The van der Waals surface area contributed by atoms with Crippen molar-refractivity contribution in [3.8, 4) is 0 Å². The molecular formula is C16H14FN3. The molecule has 0 fully saturated rings. The summed E-state index contributed by atoms with van der Waals surface area (Å²) in [6.45, 7) is 1.86. The first-order chi connectivity index (χ1) is 9.66. The Bertz CT molecular complexity index is 764. The fraction of sp³-hybridized carbons (Fsp3) is 0.0625. The lowest BCUT2D eigenvalue weighted by Gasteiger charge is -2.13. The van der Waals surface area contributed by atoms with Gasteiger partial charge in [0.25, 0.3) is 0 Å². The van der Waals surface area contributed by atoms with E-state index in [1.54, 1.807) is 24.5 Å². The Labute approximate surface area is 116 Å². The van der Waals surface area contributed by atoms with E-state index in [0.29, 0.717) is 11.4 Å². The van der Waals surface area contributed by atoms with Crippen molar-refractivity contribution in [3.63, 3.8) is 0 Å². The molecule has 2 aromatic carbocycles. The number of rotatable bonds is 2. The van der Waals surface area contributed by atoms with Crippen molar-refractivity contribution in [2.75, 3.05) is 11.1 Å². The molecule has 3 aromatic rings. The van der Waals surface area contributed by atoms with Crippen molar-refractivity contribution in [3.05, 3.63) is 60.2 Å². The van der Waals surface area contributed by atoms with Crippen LogP contribution >= 0.6 is 0 Å². The van der Waals surface area contributed by atoms with E-state index in [4.69, 9.17) is 5.73 Å². The molecule has 0 unspecified atom stereocenters. The second kappa shape index (κ2) is 4.81. The number of hydrogen-bond donors (Lipinski definition) is 2. The summed E-state index contributed by atoms with van der Waals surface area (Å²) in [6.07, 6.45) is 3.42. The van der Waals surface area contributed by atoms with Crippen LogP contribution in [0, 0.1) is 12.7 Å². The number of halogens is 1. The van der Waals surface area contributed by atoms with Crippen LogP contribution in [0.4, 0.5) is 21.5 Å². The molecule has 1 aromatic heterocycles. The molecule has 0 aliphatic carbocycles. The molecule has 0 spiro atoms. The molecular weight excluding hydrogens is 253 g/mol.